The molecule has 1 aliphatic carbocycles. The van der Waals surface area contributed by atoms with E-state index in [0.29, 0.717) is 12.0 Å². The van der Waals surface area contributed by atoms with Crippen LogP contribution in [0.1, 0.15) is 58.7 Å². The Labute approximate surface area is 165 Å². The maximum atomic E-state index is 4.64. The fourth-order valence-corrected chi connectivity index (χ4v) is 4.29. The van der Waals surface area contributed by atoms with E-state index in [4.69, 9.17) is 0 Å². The largest absolute Gasteiger partial charge is 0.382 e. The van der Waals surface area contributed by atoms with Crippen molar-refractivity contribution in [2.45, 2.75) is 66.5 Å². The molecule has 2 unspecified atom stereocenters. The number of hydrogen-bond donors (Lipinski definition) is 1. The summed E-state index contributed by atoms with van der Waals surface area (Å²) in [4.78, 5) is 7.14. The van der Waals surface area contributed by atoms with Gasteiger partial charge < -0.3 is 10.2 Å². The lowest BCUT2D eigenvalue weighted by Crippen LogP contribution is -2.38. The summed E-state index contributed by atoms with van der Waals surface area (Å²) < 4.78 is 0. The molecule has 0 aromatic carbocycles. The van der Waals surface area contributed by atoms with Gasteiger partial charge in [-0.05, 0) is 54.9 Å². The highest BCUT2D eigenvalue weighted by Crippen LogP contribution is 2.30. The molecule has 2 atom stereocenters. The minimum atomic E-state index is 0.257. The Morgan fingerprint density at radius 2 is 2.15 bits per heavy atom. The second-order valence-electron chi connectivity index (χ2n) is 9.44. The van der Waals surface area contributed by atoms with E-state index in [9.17, 15) is 0 Å². The molecule has 3 rings (SSSR count). The molecule has 0 radical (unpaired) electrons. The summed E-state index contributed by atoms with van der Waals surface area (Å²) in [5.74, 6) is 0.438. The van der Waals surface area contributed by atoms with Crippen molar-refractivity contribution < 1.29 is 0 Å². The van der Waals surface area contributed by atoms with Crippen LogP contribution in [0.4, 0.5) is 0 Å². The van der Waals surface area contributed by atoms with Gasteiger partial charge in [0.25, 0.3) is 0 Å². The molecular formula is C24H35N3. The molecule has 0 amide bonds. The molecule has 2 aliphatic rings. The number of nitrogens with one attached hydrogen (secondary N) is 1. The van der Waals surface area contributed by atoms with Crippen LogP contribution in [0.2, 0.25) is 0 Å². The Bertz CT molecular complexity index is 751. The number of aromatic nitrogens is 1. The second kappa shape index (κ2) is 7.92. The van der Waals surface area contributed by atoms with Gasteiger partial charge in [0, 0.05) is 30.1 Å². The van der Waals surface area contributed by atoms with Gasteiger partial charge in [-0.1, -0.05) is 46.4 Å². The maximum absolute atomic E-state index is 4.64. The van der Waals surface area contributed by atoms with Crippen LogP contribution in [-0.4, -0.2) is 22.5 Å². The number of nitrogens with zero attached hydrogens (tertiary/aromatic N) is 2. The highest BCUT2D eigenvalue weighted by molar-refractivity contribution is 5.34. The van der Waals surface area contributed by atoms with Gasteiger partial charge >= 0.3 is 0 Å². The van der Waals surface area contributed by atoms with E-state index in [1.807, 2.05) is 6.20 Å². The molecule has 0 fully saturated rings. The van der Waals surface area contributed by atoms with Crippen molar-refractivity contribution in [3.05, 3.63) is 65.3 Å². The third-order valence-electron chi connectivity index (χ3n) is 5.49. The van der Waals surface area contributed by atoms with Crippen LogP contribution < -0.4 is 5.32 Å². The molecule has 0 saturated heterocycles. The summed E-state index contributed by atoms with van der Waals surface area (Å²) in [5.41, 5.74) is 6.76. The van der Waals surface area contributed by atoms with Crippen LogP contribution in [0.25, 0.3) is 0 Å². The zero-order valence-electron chi connectivity index (χ0n) is 17.7. The van der Waals surface area contributed by atoms with Gasteiger partial charge in [0.2, 0.25) is 0 Å². The fourth-order valence-electron chi connectivity index (χ4n) is 4.29. The molecule has 1 aliphatic heterocycles. The molecule has 3 nitrogen and oxygen atoms in total. The molecular weight excluding hydrogens is 330 g/mol. The quantitative estimate of drug-likeness (QED) is 0.793. The molecule has 1 N–H and O–H groups in total. The predicted octanol–water partition coefficient (Wildman–Crippen LogP) is 5.22. The van der Waals surface area contributed by atoms with Crippen LogP contribution in [-0.2, 0) is 13.0 Å². The topological polar surface area (TPSA) is 28.2 Å². The van der Waals surface area contributed by atoms with Crippen molar-refractivity contribution in [3.63, 3.8) is 0 Å². The Morgan fingerprint density at radius 3 is 2.85 bits per heavy atom. The third-order valence-corrected chi connectivity index (χ3v) is 5.49. The fraction of sp³-hybridized carbons (Fsp3) is 0.542. The molecule has 1 aromatic rings. The van der Waals surface area contributed by atoms with Crippen molar-refractivity contribution in [1.82, 2.24) is 15.2 Å². The average Bonchev–Trinajstić information content (AvgIpc) is 2.78. The Kier molecular flexibility index (Phi) is 5.78. The van der Waals surface area contributed by atoms with Gasteiger partial charge in [-0.25, -0.2) is 0 Å². The highest BCUT2D eigenvalue weighted by Gasteiger charge is 2.26. The number of hydrogen-bond acceptors (Lipinski definition) is 3. The standard InChI is InChI=1S/C24H35N3/c1-17-13-21(14-18(2)23(17)26-19(3)15-24(4,5)6)27-12-8-10-20-9-7-11-25-22(20)16-27/h7,9,11,13-14,17,23,26H,3,8,10,12,15-16H2,1-2,4-6H3. The van der Waals surface area contributed by atoms with Crippen LogP contribution in [0.15, 0.2) is 54.0 Å². The third kappa shape index (κ3) is 5.03. The van der Waals surface area contributed by atoms with Crippen molar-refractivity contribution >= 4 is 0 Å². The van der Waals surface area contributed by atoms with Crippen LogP contribution in [0.5, 0.6) is 0 Å². The molecule has 0 saturated carbocycles. The lowest BCUT2D eigenvalue weighted by molar-refractivity contribution is 0.336. The molecule has 146 valence electrons. The lowest BCUT2D eigenvalue weighted by Gasteiger charge is -2.35. The molecule has 27 heavy (non-hydrogen) atoms. The summed E-state index contributed by atoms with van der Waals surface area (Å²) in [6.45, 7) is 17.6. The molecule has 1 aromatic heterocycles. The lowest BCUT2D eigenvalue weighted by atomic mass is 9.86. The SMILES string of the molecule is C=C(CC(C)(C)C)NC1C(C)=CC(N2CCCc3cccnc3C2)=CC1C. The average molecular weight is 366 g/mol. The molecule has 0 spiro atoms. The van der Waals surface area contributed by atoms with Crippen LogP contribution >= 0.6 is 0 Å². The maximum Gasteiger partial charge on any atom is 0.0628 e. The summed E-state index contributed by atoms with van der Waals surface area (Å²) in [5, 5.41) is 3.69. The predicted molar refractivity (Wildman–Crippen MR) is 114 cm³/mol. The molecule has 0 bridgehead atoms. The Balaban J connectivity index is 1.72. The van der Waals surface area contributed by atoms with Crippen molar-refractivity contribution in [2.75, 3.05) is 6.54 Å². The first-order chi connectivity index (χ1) is 12.7. The second-order valence-corrected chi connectivity index (χ2v) is 9.44. The van der Waals surface area contributed by atoms with Crippen LogP contribution in [0, 0.1) is 11.3 Å². The molecule has 2 heterocycles. The summed E-state index contributed by atoms with van der Waals surface area (Å²) in [6, 6.07) is 4.62. The van der Waals surface area contributed by atoms with Crippen LogP contribution in [0.3, 0.4) is 0 Å². The van der Waals surface area contributed by atoms with E-state index in [0.717, 1.165) is 31.6 Å². The Hall–Kier alpha value is -2.03. The van der Waals surface area contributed by atoms with Gasteiger partial charge in [-0.2, -0.15) is 0 Å². The zero-order chi connectivity index (χ0) is 19.6. The normalized spacial score (nSPS) is 23.1. The minimum absolute atomic E-state index is 0.257. The number of rotatable bonds is 4. The van der Waals surface area contributed by atoms with Crippen molar-refractivity contribution in [3.8, 4) is 0 Å². The van der Waals surface area contributed by atoms with E-state index >= 15 is 0 Å². The first kappa shape index (κ1) is 19.7. The summed E-state index contributed by atoms with van der Waals surface area (Å²) >= 11 is 0. The Morgan fingerprint density at radius 1 is 1.37 bits per heavy atom. The first-order valence-corrected chi connectivity index (χ1v) is 10.2. The van der Waals surface area contributed by atoms with Gasteiger partial charge in [0.15, 0.2) is 0 Å². The van der Waals surface area contributed by atoms with E-state index < -0.39 is 0 Å². The summed E-state index contributed by atoms with van der Waals surface area (Å²) in [7, 11) is 0. The number of aryl methyl sites for hydroxylation is 1. The highest BCUT2D eigenvalue weighted by atomic mass is 15.1. The number of pyridine rings is 1. The molecule has 3 heteroatoms. The van der Waals surface area contributed by atoms with Gasteiger partial charge in [0.1, 0.15) is 0 Å². The summed E-state index contributed by atoms with van der Waals surface area (Å²) in [6.07, 6.45) is 10.00. The van der Waals surface area contributed by atoms with E-state index in [-0.39, 0.29) is 5.41 Å². The smallest absolute Gasteiger partial charge is 0.0628 e. The van der Waals surface area contributed by atoms with Gasteiger partial charge in [0.05, 0.1) is 18.3 Å². The monoisotopic (exact) mass is 365 g/mol. The van der Waals surface area contributed by atoms with E-state index in [1.54, 1.807) is 0 Å². The minimum Gasteiger partial charge on any atom is -0.382 e. The number of allylic oxidation sites excluding steroid dienone is 2. The first-order valence-electron chi connectivity index (χ1n) is 10.2. The van der Waals surface area contributed by atoms with Crippen molar-refractivity contribution in [1.29, 1.82) is 0 Å². The van der Waals surface area contributed by atoms with Gasteiger partial charge in [-0.15, -0.1) is 0 Å². The number of fused-ring (bicyclic) bond motifs is 1. The van der Waals surface area contributed by atoms with E-state index in [1.165, 1.54) is 28.9 Å². The van der Waals surface area contributed by atoms with Crippen molar-refractivity contribution in [2.24, 2.45) is 11.3 Å². The van der Waals surface area contributed by atoms with E-state index in [2.05, 4.69) is 80.7 Å². The van der Waals surface area contributed by atoms with Gasteiger partial charge in [-0.3, -0.25) is 4.98 Å². The zero-order valence-corrected chi connectivity index (χ0v) is 17.7.